The Morgan fingerprint density at radius 3 is 2.61 bits per heavy atom. The van der Waals surface area contributed by atoms with Crippen molar-refractivity contribution in [1.29, 1.82) is 0 Å². The lowest BCUT2D eigenvalue weighted by Crippen LogP contribution is -2.52. The molecule has 4 nitrogen and oxygen atoms in total. The molecule has 0 spiro atoms. The fraction of sp³-hybridized carbons (Fsp3) is 1.00. The normalized spacial score (nSPS) is 26.8. The number of hydrogen-bond acceptors (Lipinski definition) is 4. The number of morpholine rings is 1. The third kappa shape index (κ3) is 5.65. The van der Waals surface area contributed by atoms with Gasteiger partial charge in [0.05, 0.1) is 18.8 Å². The summed E-state index contributed by atoms with van der Waals surface area (Å²) in [5, 5.41) is 12.7. The molecule has 1 saturated heterocycles. The molecule has 0 radical (unpaired) electrons. The van der Waals surface area contributed by atoms with Crippen molar-refractivity contribution in [3.8, 4) is 0 Å². The van der Waals surface area contributed by atoms with Gasteiger partial charge in [-0.2, -0.15) is 0 Å². The van der Waals surface area contributed by atoms with E-state index in [9.17, 15) is 5.11 Å². The van der Waals surface area contributed by atoms with E-state index >= 15 is 0 Å². The molecule has 0 aliphatic carbocycles. The molecule has 0 amide bonds. The van der Waals surface area contributed by atoms with Gasteiger partial charge in [-0.05, 0) is 12.3 Å². The molecule has 2 atom stereocenters. The SMILES string of the molecule is CC(C)NCC(C)(C)CN1CC(C)OC(CO)C1. The smallest absolute Gasteiger partial charge is 0.0936 e. The van der Waals surface area contributed by atoms with Gasteiger partial charge in [-0.25, -0.2) is 0 Å². The Balaban J connectivity index is 2.44. The van der Waals surface area contributed by atoms with Crippen LogP contribution in [0.3, 0.4) is 0 Å². The fourth-order valence-electron chi connectivity index (χ4n) is 2.51. The van der Waals surface area contributed by atoms with Crippen molar-refractivity contribution >= 4 is 0 Å². The van der Waals surface area contributed by atoms with Crippen LogP contribution in [-0.4, -0.2) is 61.0 Å². The Morgan fingerprint density at radius 1 is 1.39 bits per heavy atom. The highest BCUT2D eigenvalue weighted by Gasteiger charge is 2.29. The third-order valence-corrected chi connectivity index (χ3v) is 3.25. The summed E-state index contributed by atoms with van der Waals surface area (Å²) < 4.78 is 5.67. The molecule has 0 aromatic rings. The predicted molar refractivity (Wildman–Crippen MR) is 74.8 cm³/mol. The fourth-order valence-corrected chi connectivity index (χ4v) is 2.51. The Labute approximate surface area is 112 Å². The standard InChI is InChI=1S/C14H30N2O2/c1-11(2)15-9-14(4,5)10-16-6-12(3)18-13(7-16)8-17/h11-13,15,17H,6-10H2,1-5H3. The molecular formula is C14H30N2O2. The van der Waals surface area contributed by atoms with Gasteiger partial charge >= 0.3 is 0 Å². The zero-order chi connectivity index (χ0) is 13.8. The summed E-state index contributed by atoms with van der Waals surface area (Å²) in [6, 6.07) is 0.526. The number of nitrogens with zero attached hydrogens (tertiary/aromatic N) is 1. The molecule has 4 heteroatoms. The summed E-state index contributed by atoms with van der Waals surface area (Å²) in [4.78, 5) is 2.41. The van der Waals surface area contributed by atoms with Crippen LogP contribution >= 0.6 is 0 Å². The third-order valence-electron chi connectivity index (χ3n) is 3.25. The van der Waals surface area contributed by atoms with Gasteiger partial charge in [-0.1, -0.05) is 27.7 Å². The number of hydrogen-bond donors (Lipinski definition) is 2. The Hall–Kier alpha value is -0.160. The second-order valence-corrected chi connectivity index (χ2v) is 6.65. The van der Waals surface area contributed by atoms with Gasteiger partial charge in [-0.15, -0.1) is 0 Å². The van der Waals surface area contributed by atoms with E-state index in [0.29, 0.717) is 6.04 Å². The molecule has 18 heavy (non-hydrogen) atoms. The quantitative estimate of drug-likeness (QED) is 0.749. The molecule has 1 rings (SSSR count). The summed E-state index contributed by atoms with van der Waals surface area (Å²) >= 11 is 0. The number of ether oxygens (including phenoxy) is 1. The minimum atomic E-state index is -0.0254. The van der Waals surface area contributed by atoms with E-state index < -0.39 is 0 Å². The van der Waals surface area contributed by atoms with Gasteiger partial charge in [-0.3, -0.25) is 4.90 Å². The largest absolute Gasteiger partial charge is 0.394 e. The van der Waals surface area contributed by atoms with Crippen molar-refractivity contribution in [3.05, 3.63) is 0 Å². The Bertz CT molecular complexity index is 244. The van der Waals surface area contributed by atoms with Crippen molar-refractivity contribution in [2.24, 2.45) is 5.41 Å². The maximum atomic E-state index is 9.24. The van der Waals surface area contributed by atoms with Gasteiger partial charge in [0.25, 0.3) is 0 Å². The first-order chi connectivity index (χ1) is 8.32. The second kappa shape index (κ2) is 6.85. The Morgan fingerprint density at radius 2 is 2.06 bits per heavy atom. The van der Waals surface area contributed by atoms with E-state index in [0.717, 1.165) is 26.2 Å². The minimum Gasteiger partial charge on any atom is -0.394 e. The van der Waals surface area contributed by atoms with Crippen molar-refractivity contribution in [2.75, 3.05) is 32.8 Å². The van der Waals surface area contributed by atoms with E-state index in [4.69, 9.17) is 4.74 Å². The maximum absolute atomic E-state index is 9.24. The summed E-state index contributed by atoms with van der Waals surface area (Å²) in [5.41, 5.74) is 0.237. The van der Waals surface area contributed by atoms with Crippen LogP contribution < -0.4 is 5.32 Å². The molecule has 0 aromatic carbocycles. The maximum Gasteiger partial charge on any atom is 0.0936 e. The number of aliphatic hydroxyl groups is 1. The number of nitrogens with one attached hydrogen (secondary N) is 1. The first kappa shape index (κ1) is 15.9. The molecule has 0 aromatic heterocycles. The van der Waals surface area contributed by atoms with Crippen LogP contribution in [0.2, 0.25) is 0 Å². The highest BCUT2D eigenvalue weighted by Crippen LogP contribution is 2.20. The van der Waals surface area contributed by atoms with Crippen LogP contribution in [0.1, 0.15) is 34.6 Å². The molecule has 2 unspecified atom stereocenters. The molecular weight excluding hydrogens is 228 g/mol. The summed E-state index contributed by atoms with van der Waals surface area (Å²) in [5.74, 6) is 0. The van der Waals surface area contributed by atoms with E-state index in [-0.39, 0.29) is 24.2 Å². The molecule has 1 fully saturated rings. The minimum absolute atomic E-state index is 0.0254. The van der Waals surface area contributed by atoms with Crippen LogP contribution in [0.4, 0.5) is 0 Å². The van der Waals surface area contributed by atoms with E-state index in [2.05, 4.69) is 44.8 Å². The Kier molecular flexibility index (Phi) is 6.05. The lowest BCUT2D eigenvalue weighted by Gasteiger charge is -2.40. The first-order valence-corrected chi connectivity index (χ1v) is 7.04. The van der Waals surface area contributed by atoms with Crippen LogP contribution in [0, 0.1) is 5.41 Å². The zero-order valence-electron chi connectivity index (χ0n) is 12.6. The van der Waals surface area contributed by atoms with Gasteiger partial charge in [0.2, 0.25) is 0 Å². The van der Waals surface area contributed by atoms with Crippen LogP contribution in [-0.2, 0) is 4.74 Å². The lowest BCUT2D eigenvalue weighted by molar-refractivity contribution is -0.101. The van der Waals surface area contributed by atoms with Crippen LogP contribution in [0.15, 0.2) is 0 Å². The molecule has 0 saturated carbocycles. The van der Waals surface area contributed by atoms with Crippen LogP contribution in [0.5, 0.6) is 0 Å². The lowest BCUT2D eigenvalue weighted by atomic mass is 9.91. The van der Waals surface area contributed by atoms with E-state index in [1.165, 1.54) is 0 Å². The highest BCUT2D eigenvalue weighted by molar-refractivity contribution is 4.82. The molecule has 1 heterocycles. The molecule has 1 aliphatic rings. The molecule has 0 bridgehead atoms. The van der Waals surface area contributed by atoms with Gasteiger partial charge < -0.3 is 15.2 Å². The van der Waals surface area contributed by atoms with Crippen LogP contribution in [0.25, 0.3) is 0 Å². The summed E-state index contributed by atoms with van der Waals surface area (Å²) in [6.45, 7) is 15.0. The monoisotopic (exact) mass is 258 g/mol. The zero-order valence-corrected chi connectivity index (χ0v) is 12.6. The van der Waals surface area contributed by atoms with Gasteiger partial charge in [0, 0.05) is 32.2 Å². The van der Waals surface area contributed by atoms with Crippen molar-refractivity contribution in [1.82, 2.24) is 10.2 Å². The summed E-state index contributed by atoms with van der Waals surface area (Å²) in [6.07, 6.45) is 0.187. The molecule has 1 aliphatic heterocycles. The average Bonchev–Trinajstić information content (AvgIpc) is 2.25. The average molecular weight is 258 g/mol. The number of rotatable bonds is 6. The van der Waals surface area contributed by atoms with Crippen molar-refractivity contribution in [3.63, 3.8) is 0 Å². The number of aliphatic hydroxyl groups excluding tert-OH is 1. The molecule has 108 valence electrons. The topological polar surface area (TPSA) is 44.7 Å². The summed E-state index contributed by atoms with van der Waals surface area (Å²) in [7, 11) is 0. The van der Waals surface area contributed by atoms with E-state index in [1.54, 1.807) is 0 Å². The van der Waals surface area contributed by atoms with E-state index in [1.807, 2.05) is 0 Å². The highest BCUT2D eigenvalue weighted by atomic mass is 16.5. The molecule has 2 N–H and O–H groups in total. The van der Waals surface area contributed by atoms with Gasteiger partial charge in [0.15, 0.2) is 0 Å². The second-order valence-electron chi connectivity index (χ2n) is 6.65. The van der Waals surface area contributed by atoms with Gasteiger partial charge in [0.1, 0.15) is 0 Å². The van der Waals surface area contributed by atoms with Crippen molar-refractivity contribution in [2.45, 2.75) is 52.9 Å². The first-order valence-electron chi connectivity index (χ1n) is 7.04. The predicted octanol–water partition coefficient (Wildman–Crippen LogP) is 1.09. The van der Waals surface area contributed by atoms with Crippen molar-refractivity contribution < 1.29 is 9.84 Å².